The Kier molecular flexibility index (Phi) is 2.80. The van der Waals surface area contributed by atoms with Crippen LogP contribution in [0, 0.1) is 13.8 Å². The molecule has 1 unspecified atom stereocenters. The van der Waals surface area contributed by atoms with Gasteiger partial charge >= 0.3 is 12.1 Å². The van der Waals surface area contributed by atoms with Crippen LogP contribution >= 0.6 is 0 Å². The Morgan fingerprint density at radius 3 is 2.05 bits per heavy atom. The van der Waals surface area contributed by atoms with Gasteiger partial charge in [0, 0.05) is 16.7 Å². The number of hydrogen-bond donors (Lipinski definition) is 0. The van der Waals surface area contributed by atoms with Gasteiger partial charge in [0.25, 0.3) is 5.67 Å². The van der Waals surface area contributed by atoms with E-state index in [0.29, 0.717) is 6.07 Å². The van der Waals surface area contributed by atoms with Crippen LogP contribution < -0.4 is 0 Å². The third-order valence-electron chi connectivity index (χ3n) is 3.63. The van der Waals surface area contributed by atoms with Crippen molar-refractivity contribution in [3.8, 4) is 0 Å². The summed E-state index contributed by atoms with van der Waals surface area (Å²) in [6, 6.07) is 0.684. The molecule has 0 fully saturated rings. The predicted molar refractivity (Wildman–Crippen MR) is 58.7 cm³/mol. The summed E-state index contributed by atoms with van der Waals surface area (Å²) in [5.74, 6) is -5.25. The predicted octanol–water partition coefficient (Wildman–Crippen LogP) is 4.34. The second-order valence-corrected chi connectivity index (χ2v) is 4.90. The molecule has 0 aliphatic heterocycles. The quantitative estimate of drug-likeness (QED) is 0.556. The molecule has 0 bridgehead atoms. The Labute approximate surface area is 110 Å². The van der Waals surface area contributed by atoms with Crippen LogP contribution in [0.3, 0.4) is 0 Å². The van der Waals surface area contributed by atoms with Crippen molar-refractivity contribution >= 4 is 5.78 Å². The van der Waals surface area contributed by atoms with E-state index in [9.17, 15) is 31.1 Å². The van der Waals surface area contributed by atoms with E-state index in [-0.39, 0.29) is 16.7 Å². The van der Waals surface area contributed by atoms with Crippen molar-refractivity contribution in [2.75, 3.05) is 0 Å². The third kappa shape index (κ3) is 1.43. The molecule has 1 aliphatic rings. The van der Waals surface area contributed by atoms with Crippen LogP contribution in [0.15, 0.2) is 6.07 Å². The van der Waals surface area contributed by atoms with Crippen LogP contribution in [-0.4, -0.2) is 12.0 Å². The fraction of sp³-hybridized carbons (Fsp3) is 0.462. The van der Waals surface area contributed by atoms with Gasteiger partial charge in [-0.25, -0.2) is 4.39 Å². The maximum Gasteiger partial charge on any atom is 0.433 e. The molecular formula is C13H10F6O. The van der Waals surface area contributed by atoms with E-state index in [1.807, 2.05) is 0 Å². The Morgan fingerprint density at radius 1 is 1.15 bits per heavy atom. The second-order valence-electron chi connectivity index (χ2n) is 4.90. The summed E-state index contributed by atoms with van der Waals surface area (Å²) in [5, 5.41) is 0. The van der Waals surface area contributed by atoms with Gasteiger partial charge in [0.1, 0.15) is 0 Å². The molecule has 0 saturated heterocycles. The minimum atomic E-state index is -5.72. The van der Waals surface area contributed by atoms with E-state index in [1.165, 1.54) is 6.92 Å². The summed E-state index contributed by atoms with van der Waals surface area (Å²) in [4.78, 5) is 11.4. The minimum Gasteiger partial charge on any atom is -0.294 e. The number of benzene rings is 1. The van der Waals surface area contributed by atoms with E-state index >= 15 is 0 Å². The minimum absolute atomic E-state index is 0.0514. The molecular weight excluding hydrogens is 286 g/mol. The SMILES string of the molecule is CC(=O)c1c(C)cc2c(c1C)C(F)(F)C2(F)C(F)(F)F. The van der Waals surface area contributed by atoms with Gasteiger partial charge in [0.05, 0.1) is 0 Å². The molecule has 20 heavy (non-hydrogen) atoms. The number of carbonyl (C=O) groups excluding carboxylic acids is 1. The van der Waals surface area contributed by atoms with Crippen LogP contribution in [-0.2, 0) is 11.6 Å². The smallest absolute Gasteiger partial charge is 0.294 e. The number of hydrogen-bond acceptors (Lipinski definition) is 1. The first-order chi connectivity index (χ1) is 8.87. The molecule has 1 aromatic carbocycles. The molecule has 1 atom stereocenters. The molecule has 1 aromatic rings. The summed E-state index contributed by atoms with van der Waals surface area (Å²) in [7, 11) is 0. The first kappa shape index (κ1) is 14.9. The number of carbonyl (C=O) groups is 1. The Balaban J connectivity index is 2.83. The number of halogens is 6. The topological polar surface area (TPSA) is 17.1 Å². The lowest BCUT2D eigenvalue weighted by molar-refractivity contribution is -0.333. The van der Waals surface area contributed by atoms with E-state index in [1.54, 1.807) is 0 Å². The van der Waals surface area contributed by atoms with Crippen molar-refractivity contribution in [2.45, 2.75) is 38.5 Å². The van der Waals surface area contributed by atoms with Gasteiger partial charge in [-0.15, -0.1) is 0 Å². The molecule has 0 spiro atoms. The van der Waals surface area contributed by atoms with Gasteiger partial charge in [-0.3, -0.25) is 4.79 Å². The Morgan fingerprint density at radius 2 is 1.65 bits per heavy atom. The molecule has 0 saturated carbocycles. The van der Waals surface area contributed by atoms with E-state index in [4.69, 9.17) is 0 Å². The van der Waals surface area contributed by atoms with E-state index in [2.05, 4.69) is 0 Å². The molecule has 0 radical (unpaired) electrons. The summed E-state index contributed by atoms with van der Waals surface area (Å²) in [6.45, 7) is 3.51. The largest absolute Gasteiger partial charge is 0.433 e. The van der Waals surface area contributed by atoms with Crippen molar-refractivity contribution in [1.29, 1.82) is 0 Å². The summed E-state index contributed by atoms with van der Waals surface area (Å²) < 4.78 is 79.3. The highest BCUT2D eigenvalue weighted by molar-refractivity contribution is 5.98. The highest BCUT2D eigenvalue weighted by atomic mass is 19.4. The molecule has 110 valence electrons. The Hall–Kier alpha value is -1.53. The van der Waals surface area contributed by atoms with E-state index < -0.39 is 34.7 Å². The van der Waals surface area contributed by atoms with E-state index in [0.717, 1.165) is 13.8 Å². The number of Topliss-reactive ketones (excluding diaryl/α,β-unsaturated/α-hetero) is 1. The molecule has 0 amide bonds. The number of ketones is 1. The number of rotatable bonds is 1. The normalized spacial score (nSPS) is 24.1. The standard InChI is InChI=1S/C13H10F6O/c1-5-4-8-10(6(2)9(5)7(3)20)12(15,16)11(8,14)13(17,18)19/h4H,1-3H3. The van der Waals surface area contributed by atoms with Crippen LogP contribution in [0.2, 0.25) is 0 Å². The van der Waals surface area contributed by atoms with Crippen molar-refractivity contribution < 1.29 is 31.1 Å². The molecule has 0 aromatic heterocycles. The first-order valence-corrected chi connectivity index (χ1v) is 5.67. The second kappa shape index (κ2) is 3.77. The highest BCUT2D eigenvalue weighted by Gasteiger charge is 2.80. The van der Waals surface area contributed by atoms with Crippen molar-refractivity contribution in [2.24, 2.45) is 0 Å². The summed E-state index contributed by atoms with van der Waals surface area (Å²) in [5.41, 5.74) is -7.17. The van der Waals surface area contributed by atoms with Gasteiger partial charge in [-0.1, -0.05) is 6.07 Å². The molecule has 7 heteroatoms. The van der Waals surface area contributed by atoms with Gasteiger partial charge in [0.2, 0.25) is 0 Å². The van der Waals surface area contributed by atoms with Crippen LogP contribution in [0.5, 0.6) is 0 Å². The fourth-order valence-corrected chi connectivity index (χ4v) is 2.81. The van der Waals surface area contributed by atoms with Crippen LogP contribution in [0.1, 0.15) is 39.5 Å². The molecule has 2 rings (SSSR count). The van der Waals surface area contributed by atoms with Crippen molar-refractivity contribution in [3.63, 3.8) is 0 Å². The lowest BCUT2D eigenvalue weighted by atomic mass is 9.66. The zero-order valence-corrected chi connectivity index (χ0v) is 10.8. The van der Waals surface area contributed by atoms with Gasteiger partial charge < -0.3 is 0 Å². The molecule has 1 nitrogen and oxygen atoms in total. The molecule has 1 aliphatic carbocycles. The average molecular weight is 296 g/mol. The Bertz CT molecular complexity index is 616. The average Bonchev–Trinajstić information content (AvgIpc) is 2.24. The molecule has 0 heterocycles. The van der Waals surface area contributed by atoms with Crippen molar-refractivity contribution in [3.05, 3.63) is 33.9 Å². The number of fused-ring (bicyclic) bond motifs is 1. The van der Waals surface area contributed by atoms with Gasteiger partial charge in [-0.2, -0.15) is 22.0 Å². The fourth-order valence-electron chi connectivity index (χ4n) is 2.81. The van der Waals surface area contributed by atoms with Gasteiger partial charge in [-0.05, 0) is 31.9 Å². The van der Waals surface area contributed by atoms with Gasteiger partial charge in [0.15, 0.2) is 5.78 Å². The molecule has 0 N–H and O–H groups in total. The maximum absolute atomic E-state index is 13.9. The summed E-state index contributed by atoms with van der Waals surface area (Å²) in [6.07, 6.45) is -5.72. The first-order valence-electron chi connectivity index (χ1n) is 5.67. The van der Waals surface area contributed by atoms with Crippen molar-refractivity contribution in [1.82, 2.24) is 0 Å². The maximum atomic E-state index is 13.9. The zero-order chi connectivity index (χ0) is 15.7. The third-order valence-corrected chi connectivity index (χ3v) is 3.63. The lowest BCUT2D eigenvalue weighted by Crippen LogP contribution is -2.59. The van der Waals surface area contributed by atoms with Crippen LogP contribution in [0.25, 0.3) is 0 Å². The number of alkyl halides is 6. The zero-order valence-electron chi connectivity index (χ0n) is 10.8. The van der Waals surface area contributed by atoms with Crippen LogP contribution in [0.4, 0.5) is 26.3 Å². The summed E-state index contributed by atoms with van der Waals surface area (Å²) >= 11 is 0. The monoisotopic (exact) mass is 296 g/mol. The highest BCUT2D eigenvalue weighted by Crippen LogP contribution is 2.67. The lowest BCUT2D eigenvalue weighted by Gasteiger charge is -2.46. The number of aryl methyl sites for hydroxylation is 1.